The second-order valence-corrected chi connectivity index (χ2v) is 8.80. The molecule has 0 aliphatic heterocycles. The summed E-state index contributed by atoms with van der Waals surface area (Å²) >= 11 is 1.68. The van der Waals surface area contributed by atoms with E-state index < -0.39 is 10.8 Å². The predicted molar refractivity (Wildman–Crippen MR) is 93.9 cm³/mol. The SMILES string of the molecule is CC[S@@](=O)[C@@H]1CCC[C@H](NC(=O)N[C@H](C)Cc2ccsc2)C1. The number of nitrogens with one attached hydrogen (secondary N) is 2. The maximum absolute atomic E-state index is 12.1. The van der Waals surface area contributed by atoms with Crippen molar-refractivity contribution in [2.45, 2.75) is 63.3 Å². The van der Waals surface area contributed by atoms with Crippen molar-refractivity contribution < 1.29 is 9.00 Å². The lowest BCUT2D eigenvalue weighted by atomic mass is 9.95. The summed E-state index contributed by atoms with van der Waals surface area (Å²) in [5.74, 6) is 0.710. The van der Waals surface area contributed by atoms with Gasteiger partial charge in [-0.25, -0.2) is 4.79 Å². The van der Waals surface area contributed by atoms with Crippen LogP contribution in [0.3, 0.4) is 0 Å². The van der Waals surface area contributed by atoms with Crippen molar-refractivity contribution >= 4 is 28.2 Å². The molecule has 1 aromatic rings. The van der Waals surface area contributed by atoms with E-state index in [9.17, 15) is 9.00 Å². The van der Waals surface area contributed by atoms with Gasteiger partial charge in [-0.1, -0.05) is 13.3 Å². The van der Waals surface area contributed by atoms with Crippen molar-refractivity contribution in [2.24, 2.45) is 0 Å². The summed E-state index contributed by atoms with van der Waals surface area (Å²) in [7, 11) is -0.752. The first kappa shape index (κ1) is 17.5. The molecule has 0 radical (unpaired) electrons. The molecule has 0 bridgehead atoms. The third-order valence-corrected chi connectivity index (χ3v) is 6.59. The van der Waals surface area contributed by atoms with Crippen LogP contribution in [-0.2, 0) is 17.2 Å². The van der Waals surface area contributed by atoms with Crippen LogP contribution in [0.25, 0.3) is 0 Å². The van der Waals surface area contributed by atoms with E-state index in [1.165, 1.54) is 5.56 Å². The van der Waals surface area contributed by atoms with Crippen molar-refractivity contribution in [1.29, 1.82) is 0 Å². The van der Waals surface area contributed by atoms with Gasteiger partial charge in [0, 0.05) is 33.9 Å². The van der Waals surface area contributed by atoms with Crippen LogP contribution in [0, 0.1) is 0 Å². The molecule has 2 N–H and O–H groups in total. The maximum Gasteiger partial charge on any atom is 0.315 e. The molecule has 6 heteroatoms. The number of thiophene rings is 1. The predicted octanol–water partition coefficient (Wildman–Crippen LogP) is 3.06. The van der Waals surface area contributed by atoms with Crippen LogP contribution < -0.4 is 10.6 Å². The molecule has 22 heavy (non-hydrogen) atoms. The van der Waals surface area contributed by atoms with Crippen molar-refractivity contribution in [2.75, 3.05) is 5.75 Å². The first-order valence-electron chi connectivity index (χ1n) is 8.03. The van der Waals surface area contributed by atoms with Gasteiger partial charge >= 0.3 is 6.03 Å². The van der Waals surface area contributed by atoms with Crippen LogP contribution in [0.4, 0.5) is 4.79 Å². The molecule has 2 amide bonds. The van der Waals surface area contributed by atoms with Gasteiger partial charge in [-0.15, -0.1) is 0 Å². The van der Waals surface area contributed by atoms with Crippen molar-refractivity contribution in [3.8, 4) is 0 Å². The average molecular weight is 343 g/mol. The smallest absolute Gasteiger partial charge is 0.315 e. The molecule has 4 atom stereocenters. The van der Waals surface area contributed by atoms with E-state index >= 15 is 0 Å². The molecule has 2 rings (SSSR count). The summed E-state index contributed by atoms with van der Waals surface area (Å²) in [5.41, 5.74) is 1.26. The minimum atomic E-state index is -0.752. The standard InChI is InChI=1S/C16H26N2O2S2/c1-3-22(20)15-6-4-5-14(10-15)18-16(19)17-12(2)9-13-7-8-21-11-13/h7-8,11-12,14-15H,3-6,9-10H2,1-2H3,(H2,17,18,19)/t12-,14+,15-,22-/m1/s1. The molecule has 1 saturated carbocycles. The lowest BCUT2D eigenvalue weighted by molar-refractivity contribution is 0.229. The first-order chi connectivity index (χ1) is 10.6. The van der Waals surface area contributed by atoms with E-state index in [1.54, 1.807) is 11.3 Å². The Morgan fingerprint density at radius 3 is 3.00 bits per heavy atom. The Morgan fingerprint density at radius 2 is 2.32 bits per heavy atom. The van der Waals surface area contributed by atoms with Gasteiger partial charge in [-0.3, -0.25) is 4.21 Å². The monoisotopic (exact) mass is 342 g/mol. The summed E-state index contributed by atoms with van der Waals surface area (Å²) in [6.45, 7) is 3.99. The number of rotatable bonds is 6. The zero-order valence-electron chi connectivity index (χ0n) is 13.3. The van der Waals surface area contributed by atoms with E-state index in [0.717, 1.165) is 32.1 Å². The van der Waals surface area contributed by atoms with Gasteiger partial charge < -0.3 is 10.6 Å². The molecule has 1 aliphatic carbocycles. The molecular weight excluding hydrogens is 316 g/mol. The maximum atomic E-state index is 12.1. The summed E-state index contributed by atoms with van der Waals surface area (Å²) in [6.07, 6.45) is 4.75. The second-order valence-electron chi connectivity index (χ2n) is 6.01. The highest BCUT2D eigenvalue weighted by Crippen LogP contribution is 2.23. The number of carbonyl (C=O) groups is 1. The number of carbonyl (C=O) groups excluding carboxylic acids is 1. The molecule has 1 aliphatic rings. The zero-order chi connectivity index (χ0) is 15.9. The molecule has 0 aromatic carbocycles. The van der Waals surface area contributed by atoms with Gasteiger partial charge in [0.2, 0.25) is 0 Å². The zero-order valence-corrected chi connectivity index (χ0v) is 15.0. The molecule has 0 spiro atoms. The molecule has 124 valence electrons. The third-order valence-electron chi connectivity index (χ3n) is 4.12. The fourth-order valence-corrected chi connectivity index (χ4v) is 5.04. The molecule has 4 nitrogen and oxygen atoms in total. The molecule has 1 fully saturated rings. The van der Waals surface area contributed by atoms with E-state index in [0.29, 0.717) is 5.75 Å². The van der Waals surface area contributed by atoms with Crippen LogP contribution in [0.1, 0.15) is 45.1 Å². The number of hydrogen-bond acceptors (Lipinski definition) is 3. The van der Waals surface area contributed by atoms with Gasteiger partial charge in [0.15, 0.2) is 0 Å². The normalized spacial score (nSPS) is 24.5. The van der Waals surface area contributed by atoms with Crippen LogP contribution >= 0.6 is 11.3 Å². The largest absolute Gasteiger partial charge is 0.335 e. The van der Waals surface area contributed by atoms with E-state index in [4.69, 9.17) is 0 Å². The fraction of sp³-hybridized carbons (Fsp3) is 0.688. The Kier molecular flexibility index (Phi) is 6.89. The fourth-order valence-electron chi connectivity index (χ4n) is 3.01. The lowest BCUT2D eigenvalue weighted by Gasteiger charge is -2.29. The Hall–Kier alpha value is -0.880. The van der Waals surface area contributed by atoms with Crippen LogP contribution in [0.5, 0.6) is 0 Å². The van der Waals surface area contributed by atoms with Crippen molar-refractivity contribution in [3.63, 3.8) is 0 Å². The van der Waals surface area contributed by atoms with Crippen molar-refractivity contribution in [1.82, 2.24) is 10.6 Å². The number of amides is 2. The van der Waals surface area contributed by atoms with E-state index in [-0.39, 0.29) is 23.4 Å². The van der Waals surface area contributed by atoms with Crippen LogP contribution in [0.15, 0.2) is 16.8 Å². The quantitative estimate of drug-likeness (QED) is 0.835. The minimum absolute atomic E-state index is 0.101. The summed E-state index contributed by atoms with van der Waals surface area (Å²) < 4.78 is 11.9. The molecule has 0 unspecified atom stereocenters. The van der Waals surface area contributed by atoms with E-state index in [2.05, 4.69) is 27.5 Å². The lowest BCUT2D eigenvalue weighted by Crippen LogP contribution is -2.48. The van der Waals surface area contributed by atoms with Gasteiger partial charge in [0.1, 0.15) is 0 Å². The third kappa shape index (κ3) is 5.39. The Bertz CT molecular complexity index is 490. The second kappa shape index (κ2) is 8.67. The van der Waals surface area contributed by atoms with Gasteiger partial charge in [-0.05, 0) is 55.0 Å². The topological polar surface area (TPSA) is 58.2 Å². The van der Waals surface area contributed by atoms with E-state index in [1.807, 2.05) is 13.8 Å². The first-order valence-corrected chi connectivity index (χ1v) is 10.4. The summed E-state index contributed by atoms with van der Waals surface area (Å²) in [4.78, 5) is 12.1. The Morgan fingerprint density at radius 1 is 1.50 bits per heavy atom. The van der Waals surface area contributed by atoms with Crippen LogP contribution in [0.2, 0.25) is 0 Å². The highest BCUT2D eigenvalue weighted by molar-refractivity contribution is 7.85. The summed E-state index contributed by atoms with van der Waals surface area (Å²) in [6, 6.07) is 2.25. The minimum Gasteiger partial charge on any atom is -0.335 e. The number of hydrogen-bond donors (Lipinski definition) is 2. The highest BCUT2D eigenvalue weighted by atomic mass is 32.2. The Labute approximate surface area is 139 Å². The molecular formula is C16H26N2O2S2. The molecule has 0 saturated heterocycles. The van der Waals surface area contributed by atoms with Crippen LogP contribution in [-0.4, -0.2) is 33.3 Å². The summed E-state index contributed by atoms with van der Waals surface area (Å²) in [5, 5.41) is 10.5. The molecule has 1 heterocycles. The molecule has 1 aromatic heterocycles. The van der Waals surface area contributed by atoms with Crippen molar-refractivity contribution in [3.05, 3.63) is 22.4 Å². The average Bonchev–Trinajstić information content (AvgIpc) is 2.99. The Balaban J connectivity index is 1.75. The van der Waals surface area contributed by atoms with Gasteiger partial charge in [-0.2, -0.15) is 11.3 Å². The van der Waals surface area contributed by atoms with Gasteiger partial charge in [0.05, 0.1) is 0 Å². The van der Waals surface area contributed by atoms with Gasteiger partial charge in [0.25, 0.3) is 0 Å². The highest BCUT2D eigenvalue weighted by Gasteiger charge is 2.26. The number of urea groups is 1.